The van der Waals surface area contributed by atoms with Crippen LogP contribution in [-0.4, -0.2) is 48.6 Å². The molecular weight excluding hydrogens is 234 g/mol. The molecule has 1 unspecified atom stereocenters. The normalized spacial score (nSPS) is 22.4. The summed E-state index contributed by atoms with van der Waals surface area (Å²) in [6.45, 7) is 11.0. The molecule has 0 amide bonds. The maximum Gasteiger partial charge on any atom is 0.0424 e. The van der Waals surface area contributed by atoms with Crippen LogP contribution in [0.2, 0.25) is 0 Å². The lowest BCUT2D eigenvalue weighted by Crippen LogP contribution is -2.58. The van der Waals surface area contributed by atoms with Gasteiger partial charge in [-0.3, -0.25) is 9.80 Å². The van der Waals surface area contributed by atoms with Gasteiger partial charge in [0.1, 0.15) is 0 Å². The second kappa shape index (κ2) is 5.61. The van der Waals surface area contributed by atoms with Gasteiger partial charge in [0.25, 0.3) is 0 Å². The summed E-state index contributed by atoms with van der Waals surface area (Å²) in [5.74, 6) is 0. The van der Waals surface area contributed by atoms with Crippen LogP contribution in [0.5, 0.6) is 0 Å². The molecule has 0 aromatic heterocycles. The standard InChI is InChI=1S/C16H27N3/c1-13-5-7-14(8-6-13)15(17)11-19-10-9-18(4)16(2,3)12-19/h5-8,15H,9-12,17H2,1-4H3. The van der Waals surface area contributed by atoms with Crippen LogP contribution in [0.1, 0.15) is 31.0 Å². The number of hydrogen-bond donors (Lipinski definition) is 1. The lowest BCUT2D eigenvalue weighted by atomic mass is 9.98. The maximum atomic E-state index is 6.34. The smallest absolute Gasteiger partial charge is 0.0424 e. The van der Waals surface area contributed by atoms with Crippen molar-refractivity contribution in [1.82, 2.24) is 9.80 Å². The zero-order chi connectivity index (χ0) is 14.0. The molecule has 1 atom stereocenters. The Morgan fingerprint density at radius 2 is 1.84 bits per heavy atom. The van der Waals surface area contributed by atoms with Crippen molar-refractivity contribution in [3.63, 3.8) is 0 Å². The topological polar surface area (TPSA) is 32.5 Å². The van der Waals surface area contributed by atoms with E-state index < -0.39 is 0 Å². The zero-order valence-electron chi connectivity index (χ0n) is 12.7. The minimum atomic E-state index is 0.111. The van der Waals surface area contributed by atoms with Gasteiger partial charge < -0.3 is 5.73 Å². The van der Waals surface area contributed by atoms with E-state index in [1.165, 1.54) is 11.1 Å². The Labute approximate surface area is 117 Å². The van der Waals surface area contributed by atoms with Crippen LogP contribution < -0.4 is 5.73 Å². The molecule has 1 saturated heterocycles. The molecule has 106 valence electrons. The molecule has 0 radical (unpaired) electrons. The molecule has 19 heavy (non-hydrogen) atoms. The van der Waals surface area contributed by atoms with E-state index in [9.17, 15) is 0 Å². The summed E-state index contributed by atoms with van der Waals surface area (Å²) in [5, 5.41) is 0. The molecule has 1 aromatic rings. The van der Waals surface area contributed by atoms with Crippen LogP contribution in [0.4, 0.5) is 0 Å². The average Bonchev–Trinajstić information content (AvgIpc) is 2.34. The summed E-state index contributed by atoms with van der Waals surface area (Å²) in [7, 11) is 2.21. The van der Waals surface area contributed by atoms with E-state index in [2.05, 4.69) is 61.9 Å². The van der Waals surface area contributed by atoms with Gasteiger partial charge in [0.2, 0.25) is 0 Å². The summed E-state index contributed by atoms with van der Waals surface area (Å²) in [6, 6.07) is 8.70. The second-order valence-electron chi connectivity index (χ2n) is 6.49. The van der Waals surface area contributed by atoms with E-state index in [0.717, 1.165) is 26.2 Å². The second-order valence-corrected chi connectivity index (χ2v) is 6.49. The third kappa shape index (κ3) is 3.56. The number of likely N-dealkylation sites (N-methyl/N-ethyl adjacent to an activating group) is 1. The van der Waals surface area contributed by atoms with E-state index in [-0.39, 0.29) is 11.6 Å². The highest BCUT2D eigenvalue weighted by atomic mass is 15.3. The minimum absolute atomic E-state index is 0.111. The predicted molar refractivity (Wildman–Crippen MR) is 81.3 cm³/mol. The highest BCUT2D eigenvalue weighted by Crippen LogP contribution is 2.21. The zero-order valence-corrected chi connectivity index (χ0v) is 12.7. The summed E-state index contributed by atoms with van der Waals surface area (Å²) in [5.41, 5.74) is 9.11. The fraction of sp³-hybridized carbons (Fsp3) is 0.625. The molecule has 0 aliphatic carbocycles. The first-order valence-corrected chi connectivity index (χ1v) is 7.14. The molecule has 1 aliphatic rings. The quantitative estimate of drug-likeness (QED) is 0.903. The molecule has 1 fully saturated rings. The van der Waals surface area contributed by atoms with Crippen molar-refractivity contribution in [3.8, 4) is 0 Å². The predicted octanol–water partition coefficient (Wildman–Crippen LogP) is 2.02. The van der Waals surface area contributed by atoms with E-state index in [4.69, 9.17) is 5.73 Å². The first-order chi connectivity index (χ1) is 8.88. The minimum Gasteiger partial charge on any atom is -0.323 e. The lowest BCUT2D eigenvalue weighted by molar-refractivity contribution is 0.0372. The molecule has 3 heteroatoms. The fourth-order valence-electron chi connectivity index (χ4n) is 2.69. The maximum absolute atomic E-state index is 6.34. The van der Waals surface area contributed by atoms with Crippen molar-refractivity contribution in [2.75, 3.05) is 33.2 Å². The highest BCUT2D eigenvalue weighted by Gasteiger charge is 2.31. The van der Waals surface area contributed by atoms with Crippen LogP contribution >= 0.6 is 0 Å². The number of piperazine rings is 1. The van der Waals surface area contributed by atoms with Gasteiger partial charge in [-0.1, -0.05) is 29.8 Å². The van der Waals surface area contributed by atoms with Gasteiger partial charge in [-0.2, -0.15) is 0 Å². The SMILES string of the molecule is Cc1ccc(C(N)CN2CCN(C)C(C)(C)C2)cc1. The third-order valence-corrected chi connectivity index (χ3v) is 4.36. The largest absolute Gasteiger partial charge is 0.323 e. The Morgan fingerprint density at radius 3 is 2.42 bits per heavy atom. The highest BCUT2D eigenvalue weighted by molar-refractivity contribution is 5.24. The van der Waals surface area contributed by atoms with Gasteiger partial charge in [0.15, 0.2) is 0 Å². The molecule has 2 N–H and O–H groups in total. The summed E-state index contributed by atoms with van der Waals surface area (Å²) in [6.07, 6.45) is 0. The number of rotatable bonds is 3. The molecular formula is C16H27N3. The fourth-order valence-corrected chi connectivity index (χ4v) is 2.69. The van der Waals surface area contributed by atoms with Crippen molar-refractivity contribution < 1.29 is 0 Å². The Bertz CT molecular complexity index is 411. The van der Waals surface area contributed by atoms with Gasteiger partial charge >= 0.3 is 0 Å². The van der Waals surface area contributed by atoms with Gasteiger partial charge in [-0.25, -0.2) is 0 Å². The number of hydrogen-bond acceptors (Lipinski definition) is 3. The van der Waals surface area contributed by atoms with Crippen LogP contribution in [0.25, 0.3) is 0 Å². The van der Waals surface area contributed by atoms with Crippen LogP contribution in [0, 0.1) is 6.92 Å². The number of nitrogens with two attached hydrogens (primary N) is 1. The lowest BCUT2D eigenvalue weighted by Gasteiger charge is -2.46. The summed E-state index contributed by atoms with van der Waals surface area (Å²) >= 11 is 0. The van der Waals surface area contributed by atoms with Crippen LogP contribution in [-0.2, 0) is 0 Å². The van der Waals surface area contributed by atoms with Crippen LogP contribution in [0.3, 0.4) is 0 Å². The molecule has 1 heterocycles. The van der Waals surface area contributed by atoms with Crippen molar-refractivity contribution in [3.05, 3.63) is 35.4 Å². The number of nitrogens with zero attached hydrogens (tertiary/aromatic N) is 2. The summed E-state index contributed by atoms with van der Waals surface area (Å²) in [4.78, 5) is 4.92. The number of benzene rings is 1. The van der Waals surface area contributed by atoms with Crippen LogP contribution in [0.15, 0.2) is 24.3 Å². The Hall–Kier alpha value is -0.900. The third-order valence-electron chi connectivity index (χ3n) is 4.36. The molecule has 2 rings (SSSR count). The monoisotopic (exact) mass is 261 g/mol. The molecule has 0 saturated carbocycles. The van der Waals surface area contributed by atoms with E-state index in [0.29, 0.717) is 0 Å². The first-order valence-electron chi connectivity index (χ1n) is 7.14. The van der Waals surface area contributed by atoms with Gasteiger partial charge in [0, 0.05) is 37.8 Å². The average molecular weight is 261 g/mol. The molecule has 1 aromatic carbocycles. The molecule has 0 spiro atoms. The molecule has 1 aliphatic heterocycles. The van der Waals surface area contributed by atoms with E-state index in [1.807, 2.05) is 0 Å². The Morgan fingerprint density at radius 1 is 1.21 bits per heavy atom. The number of aryl methyl sites for hydroxylation is 1. The van der Waals surface area contributed by atoms with Crippen molar-refractivity contribution in [2.45, 2.75) is 32.4 Å². The van der Waals surface area contributed by atoms with Gasteiger partial charge in [0.05, 0.1) is 0 Å². The van der Waals surface area contributed by atoms with E-state index >= 15 is 0 Å². The Balaban J connectivity index is 1.96. The molecule has 3 nitrogen and oxygen atoms in total. The molecule has 0 bridgehead atoms. The van der Waals surface area contributed by atoms with Gasteiger partial charge in [-0.15, -0.1) is 0 Å². The summed E-state index contributed by atoms with van der Waals surface area (Å²) < 4.78 is 0. The van der Waals surface area contributed by atoms with Crippen molar-refractivity contribution in [2.24, 2.45) is 5.73 Å². The van der Waals surface area contributed by atoms with Gasteiger partial charge in [-0.05, 0) is 33.4 Å². The first kappa shape index (κ1) is 14.5. The van der Waals surface area contributed by atoms with E-state index in [1.54, 1.807) is 0 Å². The Kier molecular flexibility index (Phi) is 4.29. The van der Waals surface area contributed by atoms with Crippen molar-refractivity contribution >= 4 is 0 Å². The van der Waals surface area contributed by atoms with Crippen molar-refractivity contribution in [1.29, 1.82) is 0 Å².